The maximum absolute atomic E-state index is 13.2. The van der Waals surface area contributed by atoms with Gasteiger partial charge in [0.1, 0.15) is 0 Å². The van der Waals surface area contributed by atoms with E-state index in [2.05, 4.69) is 0 Å². The Morgan fingerprint density at radius 1 is 0.750 bits per heavy atom. The number of carbonyl (C=O) groups excluding carboxylic acids is 3. The van der Waals surface area contributed by atoms with Gasteiger partial charge >= 0.3 is 18.0 Å². The average Bonchev–Trinajstić information content (AvgIpc) is 3.00. The van der Waals surface area contributed by atoms with Crippen LogP contribution in [-0.2, 0) is 32.2 Å². The highest BCUT2D eigenvalue weighted by atomic mass is 16.5. The van der Waals surface area contributed by atoms with Crippen molar-refractivity contribution in [3.05, 3.63) is 71.8 Å². The van der Waals surface area contributed by atoms with Crippen molar-refractivity contribution >= 4 is 18.0 Å². The molecule has 0 spiro atoms. The molecular formula is C21H22N2O5. The number of hydrogen-bond acceptors (Lipinski definition) is 5. The van der Waals surface area contributed by atoms with E-state index in [0.717, 1.165) is 11.1 Å². The first kappa shape index (κ1) is 19.4. The van der Waals surface area contributed by atoms with Crippen molar-refractivity contribution in [2.75, 3.05) is 14.2 Å². The first-order valence-electron chi connectivity index (χ1n) is 8.87. The van der Waals surface area contributed by atoms with Crippen molar-refractivity contribution in [1.82, 2.24) is 9.80 Å². The van der Waals surface area contributed by atoms with Crippen LogP contribution < -0.4 is 0 Å². The molecule has 2 unspecified atom stereocenters. The maximum Gasteiger partial charge on any atom is 0.331 e. The van der Waals surface area contributed by atoms with E-state index >= 15 is 0 Å². The van der Waals surface area contributed by atoms with Crippen LogP contribution in [0.1, 0.15) is 11.1 Å². The van der Waals surface area contributed by atoms with Crippen molar-refractivity contribution in [3.8, 4) is 0 Å². The van der Waals surface area contributed by atoms with Crippen LogP contribution in [0.5, 0.6) is 0 Å². The van der Waals surface area contributed by atoms with Crippen LogP contribution in [0.4, 0.5) is 4.79 Å². The zero-order valence-corrected chi connectivity index (χ0v) is 15.8. The Morgan fingerprint density at radius 2 is 1.11 bits per heavy atom. The molecule has 1 aliphatic heterocycles. The normalized spacial score (nSPS) is 18.9. The van der Waals surface area contributed by atoms with Gasteiger partial charge in [-0.2, -0.15) is 0 Å². The molecule has 2 aromatic rings. The van der Waals surface area contributed by atoms with E-state index in [1.807, 2.05) is 60.7 Å². The number of nitrogens with zero attached hydrogens (tertiary/aromatic N) is 2. The Morgan fingerprint density at radius 3 is 1.43 bits per heavy atom. The van der Waals surface area contributed by atoms with Crippen molar-refractivity contribution in [1.29, 1.82) is 0 Å². The standard InChI is InChI=1S/C21H22N2O5/c1-27-19(24)17-18(20(25)28-2)23(14-16-11-7-4-8-12-16)21(26)22(17)13-15-9-5-3-6-10-15/h3-12,17-18H,13-14H2,1-2H3. The van der Waals surface area contributed by atoms with Gasteiger partial charge in [-0.15, -0.1) is 0 Å². The summed E-state index contributed by atoms with van der Waals surface area (Å²) < 4.78 is 9.81. The molecule has 0 aliphatic carbocycles. The lowest BCUT2D eigenvalue weighted by molar-refractivity contribution is -0.155. The van der Waals surface area contributed by atoms with Gasteiger partial charge in [0.15, 0.2) is 12.1 Å². The van der Waals surface area contributed by atoms with Crippen molar-refractivity contribution in [2.24, 2.45) is 0 Å². The fourth-order valence-corrected chi connectivity index (χ4v) is 3.39. The molecule has 1 aliphatic rings. The number of urea groups is 1. The lowest BCUT2D eigenvalue weighted by Gasteiger charge is -2.24. The van der Waals surface area contributed by atoms with Crippen molar-refractivity contribution in [2.45, 2.75) is 25.2 Å². The minimum atomic E-state index is -1.09. The molecular weight excluding hydrogens is 360 g/mol. The predicted molar refractivity (Wildman–Crippen MR) is 101 cm³/mol. The highest BCUT2D eigenvalue weighted by Crippen LogP contribution is 2.29. The monoisotopic (exact) mass is 382 g/mol. The second-order valence-electron chi connectivity index (χ2n) is 6.45. The lowest BCUT2D eigenvalue weighted by Crippen LogP contribution is -2.48. The maximum atomic E-state index is 13.2. The van der Waals surface area contributed by atoms with E-state index in [1.54, 1.807) is 0 Å². The summed E-state index contributed by atoms with van der Waals surface area (Å²) in [6.07, 6.45) is 0. The van der Waals surface area contributed by atoms with Gasteiger partial charge in [0, 0.05) is 13.1 Å². The highest BCUT2D eigenvalue weighted by Gasteiger charge is 2.54. The molecule has 0 aromatic heterocycles. The average molecular weight is 382 g/mol. The molecule has 7 heteroatoms. The summed E-state index contributed by atoms with van der Waals surface area (Å²) in [7, 11) is 2.48. The molecule has 0 N–H and O–H groups in total. The minimum absolute atomic E-state index is 0.179. The third-order valence-corrected chi connectivity index (χ3v) is 4.74. The molecule has 146 valence electrons. The second-order valence-corrected chi connectivity index (χ2v) is 6.45. The van der Waals surface area contributed by atoms with Gasteiger partial charge in [-0.05, 0) is 11.1 Å². The van der Waals surface area contributed by atoms with Gasteiger partial charge in [-0.3, -0.25) is 0 Å². The van der Waals surface area contributed by atoms with Crippen LogP contribution in [0.25, 0.3) is 0 Å². The summed E-state index contributed by atoms with van der Waals surface area (Å²) in [5.74, 6) is -1.31. The minimum Gasteiger partial charge on any atom is -0.467 e. The topological polar surface area (TPSA) is 76.2 Å². The number of rotatable bonds is 6. The number of hydrogen-bond donors (Lipinski definition) is 0. The number of carbonyl (C=O) groups is 3. The summed E-state index contributed by atoms with van der Waals surface area (Å²) in [5.41, 5.74) is 1.69. The van der Waals surface area contributed by atoms with Crippen LogP contribution in [0.2, 0.25) is 0 Å². The molecule has 2 amide bonds. The Kier molecular flexibility index (Phi) is 5.93. The van der Waals surface area contributed by atoms with Gasteiger partial charge < -0.3 is 19.3 Å². The van der Waals surface area contributed by atoms with Gasteiger partial charge in [-0.1, -0.05) is 60.7 Å². The Balaban J connectivity index is 1.99. The van der Waals surface area contributed by atoms with Gasteiger partial charge in [0.25, 0.3) is 0 Å². The fourth-order valence-electron chi connectivity index (χ4n) is 3.39. The fraction of sp³-hybridized carbons (Fsp3) is 0.286. The highest BCUT2D eigenvalue weighted by molar-refractivity contribution is 5.97. The van der Waals surface area contributed by atoms with E-state index in [9.17, 15) is 14.4 Å². The van der Waals surface area contributed by atoms with E-state index in [4.69, 9.17) is 9.47 Å². The van der Waals surface area contributed by atoms with E-state index in [1.165, 1.54) is 24.0 Å². The largest absolute Gasteiger partial charge is 0.467 e. The number of esters is 2. The SMILES string of the molecule is COC(=O)C1C(C(=O)OC)N(Cc2ccccc2)C(=O)N1Cc1ccccc1. The summed E-state index contributed by atoms with van der Waals surface area (Å²) in [6, 6.07) is 16.0. The Hall–Kier alpha value is -3.35. The summed E-state index contributed by atoms with van der Waals surface area (Å²) in [4.78, 5) is 41.0. The molecule has 0 saturated carbocycles. The van der Waals surface area contributed by atoms with Crippen LogP contribution in [-0.4, -0.2) is 54.1 Å². The Bertz CT molecular complexity index is 771. The van der Waals surface area contributed by atoms with Crippen LogP contribution in [0.3, 0.4) is 0 Å². The quantitative estimate of drug-likeness (QED) is 0.716. The van der Waals surface area contributed by atoms with Crippen LogP contribution in [0.15, 0.2) is 60.7 Å². The van der Waals surface area contributed by atoms with E-state index < -0.39 is 30.1 Å². The zero-order valence-electron chi connectivity index (χ0n) is 15.8. The molecule has 0 bridgehead atoms. The summed E-state index contributed by atoms with van der Waals surface area (Å²) in [6.45, 7) is 0.358. The summed E-state index contributed by atoms with van der Waals surface area (Å²) >= 11 is 0. The molecule has 3 rings (SSSR count). The first-order chi connectivity index (χ1) is 13.6. The molecule has 7 nitrogen and oxygen atoms in total. The summed E-state index contributed by atoms with van der Waals surface area (Å²) in [5, 5.41) is 0. The first-order valence-corrected chi connectivity index (χ1v) is 8.87. The zero-order chi connectivity index (χ0) is 20.1. The third-order valence-electron chi connectivity index (χ3n) is 4.74. The molecule has 28 heavy (non-hydrogen) atoms. The molecule has 2 atom stereocenters. The lowest BCUT2D eigenvalue weighted by atomic mass is 10.1. The van der Waals surface area contributed by atoms with Gasteiger partial charge in [0.05, 0.1) is 14.2 Å². The van der Waals surface area contributed by atoms with Gasteiger partial charge in [-0.25, -0.2) is 14.4 Å². The van der Waals surface area contributed by atoms with E-state index in [0.29, 0.717) is 0 Å². The van der Waals surface area contributed by atoms with Gasteiger partial charge in [0.2, 0.25) is 0 Å². The van der Waals surface area contributed by atoms with Crippen molar-refractivity contribution in [3.63, 3.8) is 0 Å². The predicted octanol–water partition coefficient (Wildman–Crippen LogP) is 2.21. The number of amides is 2. The van der Waals surface area contributed by atoms with E-state index in [-0.39, 0.29) is 13.1 Å². The smallest absolute Gasteiger partial charge is 0.331 e. The van der Waals surface area contributed by atoms with Crippen LogP contribution >= 0.6 is 0 Å². The number of benzene rings is 2. The van der Waals surface area contributed by atoms with Crippen LogP contribution in [0, 0.1) is 0 Å². The molecule has 1 saturated heterocycles. The molecule has 2 aromatic carbocycles. The number of methoxy groups -OCH3 is 2. The third kappa shape index (κ3) is 3.83. The molecule has 1 fully saturated rings. The van der Waals surface area contributed by atoms with Crippen molar-refractivity contribution < 1.29 is 23.9 Å². The molecule has 1 heterocycles. The number of ether oxygens (including phenoxy) is 2. The second kappa shape index (κ2) is 8.56. The molecule has 0 radical (unpaired) electrons. The Labute approximate surface area is 163 Å².